The van der Waals surface area contributed by atoms with Gasteiger partial charge in [-0.15, -0.1) is 0 Å². The Hall–Kier alpha value is -1.35. The number of aldehydes is 1. The molecule has 17 heavy (non-hydrogen) atoms. The maximum Gasteiger partial charge on any atom is 0.127 e. The van der Waals surface area contributed by atoms with Gasteiger partial charge in [0.1, 0.15) is 12.0 Å². The lowest BCUT2D eigenvalue weighted by atomic mass is 9.81. The summed E-state index contributed by atoms with van der Waals surface area (Å²) in [7, 11) is 1.66. The summed E-state index contributed by atoms with van der Waals surface area (Å²) in [6.45, 7) is 2.01. The zero-order valence-electron chi connectivity index (χ0n) is 10.2. The van der Waals surface area contributed by atoms with Crippen molar-refractivity contribution in [3.05, 3.63) is 29.8 Å². The largest absolute Gasteiger partial charge is 0.496 e. The first-order valence-electron chi connectivity index (χ1n) is 6.15. The molecule has 1 aliphatic rings. The third-order valence-corrected chi connectivity index (χ3v) is 3.54. The van der Waals surface area contributed by atoms with Crippen molar-refractivity contribution >= 4 is 6.29 Å². The highest BCUT2D eigenvalue weighted by molar-refractivity contribution is 5.65. The van der Waals surface area contributed by atoms with Gasteiger partial charge in [-0.1, -0.05) is 18.2 Å². The van der Waals surface area contributed by atoms with Crippen LogP contribution in [-0.4, -0.2) is 26.5 Å². The monoisotopic (exact) mass is 233 g/mol. The minimum absolute atomic E-state index is 0.0340. The van der Waals surface area contributed by atoms with Gasteiger partial charge >= 0.3 is 0 Å². The van der Waals surface area contributed by atoms with Crippen molar-refractivity contribution in [1.82, 2.24) is 5.32 Å². The Bertz CT molecular complexity index is 372. The number of hydrogen-bond acceptors (Lipinski definition) is 3. The average Bonchev–Trinajstić information content (AvgIpc) is 2.41. The van der Waals surface area contributed by atoms with Gasteiger partial charge in [0.2, 0.25) is 0 Å². The summed E-state index contributed by atoms with van der Waals surface area (Å²) < 4.78 is 5.34. The summed E-state index contributed by atoms with van der Waals surface area (Å²) in [6.07, 6.45) is 3.19. The Morgan fingerprint density at radius 3 is 2.71 bits per heavy atom. The fourth-order valence-corrected chi connectivity index (χ4v) is 2.58. The van der Waals surface area contributed by atoms with Gasteiger partial charge in [-0.25, -0.2) is 0 Å². The lowest BCUT2D eigenvalue weighted by molar-refractivity contribution is -0.110. The molecule has 0 aromatic heterocycles. The first-order valence-corrected chi connectivity index (χ1v) is 6.15. The van der Waals surface area contributed by atoms with Gasteiger partial charge in [-0.2, -0.15) is 0 Å². The predicted molar refractivity (Wildman–Crippen MR) is 67.4 cm³/mol. The predicted octanol–water partition coefficient (Wildman–Crippen LogP) is 1.98. The van der Waals surface area contributed by atoms with Crippen LogP contribution in [0.1, 0.15) is 24.3 Å². The number of hydrogen-bond donors (Lipinski definition) is 1. The summed E-state index contributed by atoms with van der Waals surface area (Å²) in [5, 5.41) is 3.33. The Balaban J connectivity index is 2.24. The van der Waals surface area contributed by atoms with Crippen molar-refractivity contribution < 1.29 is 9.53 Å². The number of ether oxygens (including phenoxy) is 1. The lowest BCUT2D eigenvalue weighted by Crippen LogP contribution is -2.31. The van der Waals surface area contributed by atoms with Crippen LogP contribution in [0.5, 0.6) is 5.75 Å². The quantitative estimate of drug-likeness (QED) is 0.808. The first-order chi connectivity index (χ1) is 8.36. The van der Waals surface area contributed by atoms with Gasteiger partial charge in [0.15, 0.2) is 0 Å². The van der Waals surface area contributed by atoms with E-state index < -0.39 is 0 Å². The number of carbonyl (C=O) groups is 1. The van der Waals surface area contributed by atoms with Gasteiger partial charge in [-0.3, -0.25) is 0 Å². The standard InChI is InChI=1S/C14H19NO2/c1-17-14-5-3-2-4-12(14)13(10-16)11-6-8-15-9-7-11/h2-5,10-11,13,15H,6-9H2,1H3. The second-order valence-corrected chi connectivity index (χ2v) is 4.49. The highest BCUT2D eigenvalue weighted by Gasteiger charge is 2.26. The van der Waals surface area contributed by atoms with Crippen LogP contribution in [0.3, 0.4) is 0 Å². The van der Waals surface area contributed by atoms with Crippen molar-refractivity contribution in [2.75, 3.05) is 20.2 Å². The van der Waals surface area contributed by atoms with Crippen molar-refractivity contribution in [3.63, 3.8) is 0 Å². The Morgan fingerprint density at radius 2 is 2.06 bits per heavy atom. The molecule has 0 spiro atoms. The second kappa shape index (κ2) is 5.82. The Labute approximate surface area is 102 Å². The number of methoxy groups -OCH3 is 1. The molecule has 1 atom stereocenters. The smallest absolute Gasteiger partial charge is 0.127 e. The maximum absolute atomic E-state index is 11.4. The molecule has 0 saturated carbocycles. The van der Waals surface area contributed by atoms with E-state index in [-0.39, 0.29) is 5.92 Å². The fraction of sp³-hybridized carbons (Fsp3) is 0.500. The zero-order chi connectivity index (χ0) is 12.1. The summed E-state index contributed by atoms with van der Waals surface area (Å²) in [5.41, 5.74) is 1.02. The third kappa shape index (κ3) is 2.67. The van der Waals surface area contributed by atoms with E-state index >= 15 is 0 Å². The number of benzene rings is 1. The van der Waals surface area contributed by atoms with Crippen LogP contribution in [0.2, 0.25) is 0 Å². The van der Waals surface area contributed by atoms with Crippen molar-refractivity contribution in [2.45, 2.75) is 18.8 Å². The second-order valence-electron chi connectivity index (χ2n) is 4.49. The lowest BCUT2D eigenvalue weighted by Gasteiger charge is -2.28. The molecular formula is C14H19NO2. The molecule has 1 unspecified atom stereocenters. The molecule has 1 N–H and O–H groups in total. The molecule has 0 aliphatic carbocycles. The van der Waals surface area contributed by atoms with Crippen molar-refractivity contribution in [2.24, 2.45) is 5.92 Å². The average molecular weight is 233 g/mol. The molecule has 92 valence electrons. The molecular weight excluding hydrogens is 214 g/mol. The van der Waals surface area contributed by atoms with Crippen molar-refractivity contribution in [1.29, 1.82) is 0 Å². The Morgan fingerprint density at radius 1 is 1.35 bits per heavy atom. The van der Waals surface area contributed by atoms with Gasteiger partial charge in [-0.05, 0) is 37.9 Å². The summed E-state index contributed by atoms with van der Waals surface area (Å²) in [4.78, 5) is 11.4. The van der Waals surface area contributed by atoms with E-state index in [1.54, 1.807) is 7.11 Å². The van der Waals surface area contributed by atoms with Crippen molar-refractivity contribution in [3.8, 4) is 5.75 Å². The van der Waals surface area contributed by atoms with E-state index in [1.807, 2.05) is 24.3 Å². The molecule has 2 rings (SSSR count). The number of piperidine rings is 1. The zero-order valence-corrected chi connectivity index (χ0v) is 10.2. The van der Waals surface area contributed by atoms with E-state index in [0.717, 1.165) is 43.5 Å². The van der Waals surface area contributed by atoms with Gasteiger partial charge < -0.3 is 14.8 Å². The summed E-state index contributed by atoms with van der Waals surface area (Å²) >= 11 is 0. The molecule has 3 nitrogen and oxygen atoms in total. The van der Waals surface area contributed by atoms with Gasteiger partial charge in [0.05, 0.1) is 7.11 Å². The molecule has 0 radical (unpaired) electrons. The molecule has 3 heteroatoms. The number of nitrogens with one attached hydrogen (secondary N) is 1. The third-order valence-electron chi connectivity index (χ3n) is 3.54. The van der Waals surface area contributed by atoms with Gasteiger partial charge in [0.25, 0.3) is 0 Å². The molecule has 0 bridgehead atoms. The molecule has 0 amide bonds. The summed E-state index contributed by atoms with van der Waals surface area (Å²) in [6, 6.07) is 7.83. The molecule has 1 aromatic rings. The van der Waals surface area contributed by atoms with Crippen LogP contribution in [0.25, 0.3) is 0 Å². The van der Waals surface area contributed by atoms with E-state index in [0.29, 0.717) is 5.92 Å². The highest BCUT2D eigenvalue weighted by atomic mass is 16.5. The van der Waals surface area contributed by atoms with E-state index in [4.69, 9.17) is 4.74 Å². The van der Waals surface area contributed by atoms with Crippen LogP contribution < -0.4 is 10.1 Å². The first kappa shape index (κ1) is 12.1. The number of para-hydroxylation sites is 1. The van der Waals surface area contributed by atoms with E-state index in [2.05, 4.69) is 5.32 Å². The van der Waals surface area contributed by atoms with Crippen LogP contribution in [0, 0.1) is 5.92 Å². The summed E-state index contributed by atoms with van der Waals surface area (Å²) in [5.74, 6) is 1.22. The van der Waals surface area contributed by atoms with Crippen LogP contribution in [-0.2, 0) is 4.79 Å². The minimum Gasteiger partial charge on any atom is -0.496 e. The molecule has 1 fully saturated rings. The number of carbonyl (C=O) groups excluding carboxylic acids is 1. The molecule has 1 aliphatic heterocycles. The SMILES string of the molecule is COc1ccccc1C(C=O)C1CCNCC1. The van der Waals surface area contributed by atoms with Crippen LogP contribution in [0.4, 0.5) is 0 Å². The van der Waals surface area contributed by atoms with E-state index in [9.17, 15) is 4.79 Å². The topological polar surface area (TPSA) is 38.3 Å². The molecule has 1 heterocycles. The van der Waals surface area contributed by atoms with Crippen LogP contribution in [0.15, 0.2) is 24.3 Å². The van der Waals surface area contributed by atoms with Crippen LogP contribution >= 0.6 is 0 Å². The maximum atomic E-state index is 11.4. The minimum atomic E-state index is -0.0340. The fourth-order valence-electron chi connectivity index (χ4n) is 2.58. The van der Waals surface area contributed by atoms with E-state index in [1.165, 1.54) is 0 Å². The number of rotatable bonds is 4. The Kier molecular flexibility index (Phi) is 4.15. The van der Waals surface area contributed by atoms with Gasteiger partial charge in [0, 0.05) is 11.5 Å². The molecule has 1 saturated heterocycles. The highest BCUT2D eigenvalue weighted by Crippen LogP contribution is 2.34. The normalized spacial score (nSPS) is 18.6. The molecule has 1 aromatic carbocycles.